The second-order valence-corrected chi connectivity index (χ2v) is 36.2. The topological polar surface area (TPSA) is 161 Å². The Bertz CT molecular complexity index is 8680. The van der Waals surface area contributed by atoms with Crippen LogP contribution in [0.2, 0.25) is 0 Å². The van der Waals surface area contributed by atoms with Gasteiger partial charge in [-0.1, -0.05) is 263 Å². The van der Waals surface area contributed by atoms with Crippen molar-refractivity contribution in [2.24, 2.45) is 20.0 Å². The Hall–Kier alpha value is -15.3. The van der Waals surface area contributed by atoms with E-state index in [1.165, 1.54) is 174 Å². The number of rotatable bonds is 8. The lowest BCUT2D eigenvalue weighted by Gasteiger charge is -2.14. The molecule has 15 heteroatoms. The van der Waals surface area contributed by atoms with Crippen LogP contribution in [0.5, 0.6) is 0 Å². The second-order valence-electron chi connectivity index (χ2n) is 34.5. The number of halogens is 1. The third-order valence-electron chi connectivity index (χ3n) is 26.1. The minimum absolute atomic E-state index is 0.564. The Morgan fingerprint density at radius 2 is 0.577 bits per heavy atom. The summed E-state index contributed by atoms with van der Waals surface area (Å²) in [6.07, 6.45) is 9.60. The number of fused-ring (bicyclic) bond motifs is 28. The molecule has 0 radical (unpaired) electrons. The number of nitrogens with zero attached hydrogens (tertiary/aromatic N) is 4. The Kier molecular flexibility index (Phi) is 19.9. The molecule has 18 aromatic carbocycles. The lowest BCUT2D eigenvalue weighted by Crippen LogP contribution is -2.18. The fourth-order valence-electron chi connectivity index (χ4n) is 20.1. The van der Waals surface area contributed by atoms with Crippen LogP contribution >= 0.6 is 40.4 Å². The number of nitrogens with one attached hydrogen (secondary N) is 8. The van der Waals surface area contributed by atoms with E-state index >= 15 is 0 Å². The second kappa shape index (κ2) is 32.6. The van der Waals surface area contributed by atoms with Crippen LogP contribution in [0.1, 0.15) is 72.5 Å². The Labute approximate surface area is 769 Å². The molecule has 4 aromatic heterocycles. The maximum atomic E-state index is 5.60. The summed E-state index contributed by atoms with van der Waals surface area (Å²) < 4.78 is 1.09. The maximum Gasteiger partial charge on any atom is 0.175 e. The van der Waals surface area contributed by atoms with Gasteiger partial charge < -0.3 is 41.2 Å². The first kappa shape index (κ1) is 79.4. The fraction of sp³-hybridized carbons (Fsp3) is 0.0783. The quantitative estimate of drug-likeness (QED) is 0.0558. The van der Waals surface area contributed by atoms with Gasteiger partial charge in [0.15, 0.2) is 10.2 Å². The Morgan fingerprint density at radius 1 is 0.262 bits per heavy atom. The molecule has 22 aromatic rings. The van der Waals surface area contributed by atoms with Gasteiger partial charge in [0, 0.05) is 165 Å². The van der Waals surface area contributed by atoms with Crippen LogP contribution in [0.3, 0.4) is 0 Å². The number of benzene rings is 18. The average Bonchev–Trinajstić information content (AvgIpc) is 1.58. The molecule has 0 fully saturated rings. The minimum Gasteiger partial charge on any atom is -0.360 e. The normalized spacial score (nSPS) is 13.0. The van der Waals surface area contributed by atoms with Crippen LogP contribution in [-0.2, 0) is 25.7 Å². The maximum absolute atomic E-state index is 5.60. The van der Waals surface area contributed by atoms with Crippen molar-refractivity contribution in [3.63, 3.8) is 0 Å². The summed E-state index contributed by atoms with van der Waals surface area (Å²) in [5, 5.41) is 39.4. The zero-order valence-electron chi connectivity index (χ0n) is 72.0. The van der Waals surface area contributed by atoms with E-state index in [1.54, 1.807) is 0 Å². The van der Waals surface area contributed by atoms with Crippen molar-refractivity contribution in [2.45, 2.75) is 60.3 Å². The largest absolute Gasteiger partial charge is 0.360 e. The molecule has 624 valence electrons. The van der Waals surface area contributed by atoms with E-state index in [-0.39, 0.29) is 0 Å². The number of aryl methyl sites for hydroxylation is 5. The first-order valence-electron chi connectivity index (χ1n) is 44.1. The van der Waals surface area contributed by atoms with Gasteiger partial charge in [-0.2, -0.15) is 0 Å². The molecule has 0 saturated carbocycles. The summed E-state index contributed by atoms with van der Waals surface area (Å²) >= 11 is 14.8. The first-order valence-corrected chi connectivity index (χ1v) is 45.7. The molecule has 0 aliphatic carbocycles. The van der Waals surface area contributed by atoms with Gasteiger partial charge in [0.1, 0.15) is 0 Å². The molecule has 0 atom stereocenters. The SMILES string of the molecule is Cc1[nH]c2ccccc2c1C1=Nc2c(c3cc(NC(=S)Nc4ccccc4)ccc3c3ccccc23)C1.Cc1ccc2c3c(c4ccc(C)cc4c2c1)N=C(c1c[nH]c2ccc(Br)cc12)C3.Cc1ccc2c3c(c4ccc(C)cc4c2c1)N=C(c1c[nH]c2ccccc12)C3.S=C(Nc1ccccc1)Nc1ccc2c(c1)c1c(c3ccccc32)N=C(c2c[nH]c3ccccc23)C1. The predicted octanol–water partition coefficient (Wildman–Crippen LogP) is 30.5. The van der Waals surface area contributed by atoms with Gasteiger partial charge in [-0.25, -0.2) is 0 Å². The molecule has 8 heterocycles. The zero-order valence-corrected chi connectivity index (χ0v) is 75.2. The number of H-pyrrole nitrogens is 4. The Balaban J connectivity index is 0.0000000994. The number of hydrogen-bond acceptors (Lipinski definition) is 6. The number of thiocarbonyl (C=S) groups is 2. The zero-order chi connectivity index (χ0) is 87.5. The van der Waals surface area contributed by atoms with Gasteiger partial charge in [-0.3, -0.25) is 20.0 Å². The van der Waals surface area contributed by atoms with Gasteiger partial charge in [0.05, 0.1) is 45.6 Å². The standard InChI is InChI=1S/C32H24N4S.C31H22N4S.C26H19BrN2.C26H20N2/c1-19-30(25-13-7-8-14-28(25)33-19)29-18-27-26-17-21(35-32(37)34-20-9-3-2-4-10-20)15-16-23(26)22-11-5-6-12-24(22)31(27)36-29;36-31(33-19-8-2-1-3-9-19)34-20-14-15-22-21-10-4-5-12-24(21)30-26(25(22)16-20)17-29(35-30)27-18-32-28-13-7-6-11-23(27)28;1-14-3-6-17-19(9-14)20-10-15(2)4-7-18(20)26-22(17)12-25(29-26)23-13-28-24-8-5-16(27)11-21(23)24;1-15-7-9-17-20(11-15)21-12-16(2)8-10-19(21)26-22(17)13-25(28-26)23-14-27-24-6-4-3-5-18(23)24/h2-17,33H,18H2,1H3,(H2,34,35,37);1-16,18,32H,17H2,(H2,33,34,36);3-11,13,28H,12H2,1-2H3;3-12,14,27H,13H2,1-2H3. The molecule has 0 spiro atoms. The molecular formula is C115H85BrN12S2. The molecular weight excluding hydrogens is 1690 g/mol. The van der Waals surface area contributed by atoms with Gasteiger partial charge in [-0.05, 0) is 231 Å². The molecule has 4 aliphatic heterocycles. The van der Waals surface area contributed by atoms with Crippen LogP contribution in [0, 0.1) is 34.6 Å². The molecule has 26 rings (SSSR count). The van der Waals surface area contributed by atoms with Crippen LogP contribution in [0.15, 0.2) is 352 Å². The predicted molar refractivity (Wildman–Crippen MR) is 563 cm³/mol. The van der Waals surface area contributed by atoms with Gasteiger partial charge in [0.2, 0.25) is 0 Å². The summed E-state index contributed by atoms with van der Waals surface area (Å²) in [6, 6.07) is 109. The van der Waals surface area contributed by atoms with E-state index in [0.29, 0.717) is 10.2 Å². The van der Waals surface area contributed by atoms with E-state index in [9.17, 15) is 0 Å². The lowest BCUT2D eigenvalue weighted by atomic mass is 9.92. The third kappa shape index (κ3) is 14.3. The summed E-state index contributed by atoms with van der Waals surface area (Å²) in [7, 11) is 0. The van der Waals surface area contributed by atoms with Crippen molar-refractivity contribution < 1.29 is 0 Å². The number of aromatic amines is 4. The van der Waals surface area contributed by atoms with Crippen molar-refractivity contribution >= 4 is 249 Å². The van der Waals surface area contributed by atoms with E-state index in [2.05, 4.69) is 359 Å². The van der Waals surface area contributed by atoms with Crippen LogP contribution in [0.25, 0.3) is 130 Å². The highest BCUT2D eigenvalue weighted by Crippen LogP contribution is 2.50. The highest BCUT2D eigenvalue weighted by atomic mass is 79.9. The van der Waals surface area contributed by atoms with Crippen molar-refractivity contribution in [1.29, 1.82) is 0 Å². The smallest absolute Gasteiger partial charge is 0.175 e. The molecule has 0 unspecified atom stereocenters. The highest BCUT2D eigenvalue weighted by molar-refractivity contribution is 9.10. The summed E-state index contributed by atoms with van der Waals surface area (Å²) in [6.45, 7) is 10.8. The minimum atomic E-state index is 0.564. The van der Waals surface area contributed by atoms with Gasteiger partial charge in [0.25, 0.3) is 0 Å². The van der Waals surface area contributed by atoms with Gasteiger partial charge >= 0.3 is 0 Å². The number of anilines is 4. The van der Waals surface area contributed by atoms with Crippen molar-refractivity contribution in [2.75, 3.05) is 21.3 Å². The lowest BCUT2D eigenvalue weighted by molar-refractivity contribution is 1.28. The molecule has 0 bridgehead atoms. The molecule has 0 amide bonds. The number of aromatic nitrogens is 4. The third-order valence-corrected chi connectivity index (χ3v) is 27.0. The molecule has 12 nitrogen and oxygen atoms in total. The fourth-order valence-corrected chi connectivity index (χ4v) is 21.0. The van der Waals surface area contributed by atoms with Crippen LogP contribution < -0.4 is 21.3 Å². The summed E-state index contributed by atoms with van der Waals surface area (Å²) in [5.74, 6) is 0. The summed E-state index contributed by atoms with van der Waals surface area (Å²) in [4.78, 5) is 34.6. The molecule has 0 saturated heterocycles. The Morgan fingerprint density at radius 3 is 1.02 bits per heavy atom. The van der Waals surface area contributed by atoms with E-state index in [1.807, 2.05) is 60.7 Å². The number of hydrogen-bond donors (Lipinski definition) is 8. The molecule has 130 heavy (non-hydrogen) atoms. The van der Waals surface area contributed by atoms with E-state index < -0.39 is 0 Å². The van der Waals surface area contributed by atoms with E-state index in [4.69, 9.17) is 44.4 Å². The van der Waals surface area contributed by atoms with E-state index in [0.717, 1.165) is 126 Å². The van der Waals surface area contributed by atoms with Crippen molar-refractivity contribution in [3.8, 4) is 0 Å². The first-order chi connectivity index (χ1) is 63.7. The highest BCUT2D eigenvalue weighted by Gasteiger charge is 2.30. The van der Waals surface area contributed by atoms with Crippen LogP contribution in [0.4, 0.5) is 45.5 Å². The van der Waals surface area contributed by atoms with Crippen molar-refractivity contribution in [1.82, 2.24) is 19.9 Å². The number of aliphatic imine (C=N–C) groups is 4. The average molecular weight is 1780 g/mol. The van der Waals surface area contributed by atoms with Crippen LogP contribution in [-0.4, -0.2) is 53.0 Å². The molecule has 8 N–H and O–H groups in total. The van der Waals surface area contributed by atoms with Crippen molar-refractivity contribution in [3.05, 3.63) is 405 Å². The summed E-state index contributed by atoms with van der Waals surface area (Å²) in [5.41, 5.74) is 33.7. The number of para-hydroxylation sites is 5. The monoisotopic (exact) mass is 1780 g/mol. The van der Waals surface area contributed by atoms with Gasteiger partial charge in [-0.15, -0.1) is 0 Å². The molecule has 4 aliphatic rings.